The van der Waals surface area contributed by atoms with Crippen LogP contribution >= 0.6 is 0 Å². The Balaban J connectivity index is 0.000000975. The van der Waals surface area contributed by atoms with Crippen molar-refractivity contribution in [1.29, 1.82) is 0 Å². The van der Waals surface area contributed by atoms with Gasteiger partial charge < -0.3 is 5.32 Å². The van der Waals surface area contributed by atoms with E-state index >= 15 is 0 Å². The Labute approximate surface area is 176 Å². The Bertz CT molecular complexity index is 639. The Kier molecular flexibility index (Phi) is 15.4. The molecule has 0 unspecified atom stereocenters. The van der Waals surface area contributed by atoms with Gasteiger partial charge in [0.1, 0.15) is 0 Å². The van der Waals surface area contributed by atoms with Crippen molar-refractivity contribution in [1.82, 2.24) is 4.98 Å². The fourth-order valence-electron chi connectivity index (χ4n) is 2.79. The molecule has 1 aromatic rings. The summed E-state index contributed by atoms with van der Waals surface area (Å²) in [6, 6.07) is 2.12. The zero-order chi connectivity index (χ0) is 22.1. The van der Waals surface area contributed by atoms with Crippen molar-refractivity contribution in [3.8, 4) is 0 Å². The number of aromatic nitrogens is 1. The van der Waals surface area contributed by atoms with Crippen molar-refractivity contribution in [2.75, 3.05) is 5.32 Å². The minimum Gasteiger partial charge on any atom is -0.355 e. The molecule has 0 amide bonds. The van der Waals surface area contributed by atoms with Crippen LogP contribution in [0.5, 0.6) is 0 Å². The average Bonchev–Trinajstić information content (AvgIpc) is 2.69. The maximum atomic E-state index is 10.3. The zero-order valence-corrected chi connectivity index (χ0v) is 18.6. The average molecular weight is 405 g/mol. The molecular formula is C25H38F2N2. The molecule has 0 atom stereocenters. The molecule has 1 aliphatic rings. The summed E-state index contributed by atoms with van der Waals surface area (Å²) in [6.45, 7) is 14.7. The topological polar surface area (TPSA) is 24.9 Å². The van der Waals surface area contributed by atoms with E-state index in [9.17, 15) is 8.78 Å². The number of allylic oxidation sites excluding steroid dienone is 3. The molecule has 1 fully saturated rings. The Morgan fingerprint density at radius 3 is 2.34 bits per heavy atom. The normalized spacial score (nSPS) is 14.2. The van der Waals surface area contributed by atoms with Crippen molar-refractivity contribution < 1.29 is 8.78 Å². The second-order valence-electron chi connectivity index (χ2n) is 7.04. The van der Waals surface area contributed by atoms with E-state index in [1.807, 2.05) is 25.3 Å². The summed E-state index contributed by atoms with van der Waals surface area (Å²) in [5, 5.41) is 3.21. The van der Waals surface area contributed by atoms with Gasteiger partial charge >= 0.3 is 0 Å². The van der Waals surface area contributed by atoms with E-state index in [-0.39, 0.29) is 0 Å². The van der Waals surface area contributed by atoms with Gasteiger partial charge in [-0.3, -0.25) is 4.98 Å². The van der Waals surface area contributed by atoms with Gasteiger partial charge in [0.2, 0.25) is 6.43 Å². The monoisotopic (exact) mass is 404 g/mol. The van der Waals surface area contributed by atoms with E-state index in [1.165, 1.54) is 38.5 Å². The van der Waals surface area contributed by atoms with Gasteiger partial charge in [0, 0.05) is 11.3 Å². The highest BCUT2D eigenvalue weighted by atomic mass is 19.3. The number of anilines is 1. The molecule has 1 saturated carbocycles. The Morgan fingerprint density at radius 1 is 1.24 bits per heavy atom. The molecule has 2 nitrogen and oxygen atoms in total. The van der Waals surface area contributed by atoms with Gasteiger partial charge in [0.05, 0.1) is 17.6 Å². The molecule has 1 heterocycles. The predicted octanol–water partition coefficient (Wildman–Crippen LogP) is 8.51. The highest BCUT2D eigenvalue weighted by molar-refractivity contribution is 5.67. The van der Waals surface area contributed by atoms with Crippen molar-refractivity contribution in [3.05, 3.63) is 60.6 Å². The van der Waals surface area contributed by atoms with Crippen molar-refractivity contribution in [2.45, 2.75) is 72.6 Å². The summed E-state index contributed by atoms with van der Waals surface area (Å²) in [5.41, 5.74) is 3.87. The summed E-state index contributed by atoms with van der Waals surface area (Å²) >= 11 is 0. The van der Waals surface area contributed by atoms with Crippen molar-refractivity contribution in [2.24, 2.45) is 5.92 Å². The predicted molar refractivity (Wildman–Crippen MR) is 125 cm³/mol. The summed E-state index contributed by atoms with van der Waals surface area (Å²) in [6.07, 6.45) is 18.0. The van der Waals surface area contributed by atoms with Crippen LogP contribution in [-0.4, -0.2) is 11.4 Å². The number of nitrogens with zero attached hydrogens (tertiary/aromatic N) is 1. The fourth-order valence-corrected chi connectivity index (χ4v) is 2.79. The van der Waals surface area contributed by atoms with Crippen LogP contribution in [-0.2, 0) is 0 Å². The third-order valence-electron chi connectivity index (χ3n) is 4.02. The van der Waals surface area contributed by atoms with Crippen LogP contribution in [0.2, 0.25) is 0 Å². The molecule has 162 valence electrons. The molecule has 0 radical (unpaired) electrons. The van der Waals surface area contributed by atoms with Gasteiger partial charge in [0.15, 0.2) is 0 Å². The first kappa shape index (κ1) is 26.8. The number of hydrogen-bond donors (Lipinski definition) is 1. The first-order valence-corrected chi connectivity index (χ1v) is 10.5. The Morgan fingerprint density at radius 2 is 1.83 bits per heavy atom. The Hall–Kier alpha value is -2.23. The molecule has 29 heavy (non-hydrogen) atoms. The minimum atomic E-state index is -2.17. The van der Waals surface area contributed by atoms with Crippen LogP contribution in [0.4, 0.5) is 14.5 Å². The smallest absolute Gasteiger partial charge is 0.235 e. The number of halogens is 2. The van der Waals surface area contributed by atoms with E-state index in [2.05, 4.69) is 55.5 Å². The highest BCUT2D eigenvalue weighted by Gasteiger charge is 2.10. The summed E-state index contributed by atoms with van der Waals surface area (Å²) in [5.74, 6) is 0.715. The van der Waals surface area contributed by atoms with Gasteiger partial charge in [-0.2, -0.15) is 0 Å². The molecule has 0 aromatic carbocycles. The summed E-state index contributed by atoms with van der Waals surface area (Å²) in [4.78, 5) is 4.54. The summed E-state index contributed by atoms with van der Waals surface area (Å²) in [7, 11) is 0. The first-order valence-electron chi connectivity index (χ1n) is 10.5. The third kappa shape index (κ3) is 13.6. The number of hydrogen-bond acceptors (Lipinski definition) is 2. The lowest BCUT2D eigenvalue weighted by molar-refractivity contribution is 0.171. The lowest BCUT2D eigenvalue weighted by atomic mass is 9.88. The van der Waals surface area contributed by atoms with Crippen LogP contribution < -0.4 is 5.32 Å². The lowest BCUT2D eigenvalue weighted by Gasteiger charge is -2.18. The number of alkyl halides is 2. The van der Waals surface area contributed by atoms with Gasteiger partial charge in [-0.05, 0) is 50.8 Å². The second-order valence-corrected chi connectivity index (χ2v) is 7.04. The molecule has 4 heteroatoms. The maximum absolute atomic E-state index is 10.3. The van der Waals surface area contributed by atoms with Gasteiger partial charge in [0.25, 0.3) is 0 Å². The lowest BCUT2D eigenvalue weighted by Crippen LogP contribution is -2.02. The SMILES string of the molecule is C=CC(=C)Nc1cnc(/C=C\C)c(/C=C/C2CCCCC2)c1.CC(F)F.CCC. The minimum absolute atomic E-state index is 0.715. The van der Waals surface area contributed by atoms with E-state index in [4.69, 9.17) is 0 Å². The van der Waals surface area contributed by atoms with Crippen molar-refractivity contribution >= 4 is 17.8 Å². The number of nitrogens with one attached hydrogen (secondary N) is 1. The standard InChI is InChI=1S/C20H26N2.C3H8.C2H4F2/c1-4-9-20-18(13-12-17-10-7-6-8-11-17)14-19(15-21-20)22-16(3)5-2;1-3-2;1-2(3)4/h4-5,9,12-15,17,22H,2-3,6-8,10-11H2,1H3;3H2,1-2H3;2H,1H3/b9-4-,13-12+;;. The van der Waals surface area contributed by atoms with Crippen LogP contribution in [0, 0.1) is 5.92 Å². The molecule has 1 aliphatic carbocycles. The maximum Gasteiger partial charge on any atom is 0.235 e. The van der Waals surface area contributed by atoms with Crippen LogP contribution in [0.1, 0.15) is 77.5 Å². The molecule has 0 aliphatic heterocycles. The van der Waals surface area contributed by atoms with Gasteiger partial charge in [-0.1, -0.05) is 70.9 Å². The largest absolute Gasteiger partial charge is 0.355 e. The van der Waals surface area contributed by atoms with E-state index in [1.54, 1.807) is 6.08 Å². The van der Waals surface area contributed by atoms with E-state index in [0.717, 1.165) is 29.6 Å². The van der Waals surface area contributed by atoms with E-state index in [0.29, 0.717) is 5.92 Å². The zero-order valence-electron chi connectivity index (χ0n) is 18.6. The van der Waals surface area contributed by atoms with Crippen LogP contribution in [0.15, 0.2) is 49.3 Å². The van der Waals surface area contributed by atoms with Gasteiger partial charge in [-0.25, -0.2) is 8.78 Å². The number of pyridine rings is 1. The van der Waals surface area contributed by atoms with Gasteiger partial charge in [-0.15, -0.1) is 0 Å². The molecule has 0 saturated heterocycles. The molecule has 1 N–H and O–H groups in total. The van der Waals surface area contributed by atoms with E-state index < -0.39 is 6.43 Å². The number of rotatable bonds is 6. The molecular weight excluding hydrogens is 366 g/mol. The highest BCUT2D eigenvalue weighted by Crippen LogP contribution is 2.26. The summed E-state index contributed by atoms with van der Waals surface area (Å²) < 4.78 is 20.7. The third-order valence-corrected chi connectivity index (χ3v) is 4.02. The molecule has 0 spiro atoms. The fraction of sp³-hybridized carbons (Fsp3) is 0.480. The molecule has 0 bridgehead atoms. The molecule has 2 rings (SSSR count). The first-order chi connectivity index (χ1) is 13.9. The van der Waals surface area contributed by atoms with Crippen LogP contribution in [0.25, 0.3) is 12.2 Å². The molecule has 1 aromatic heterocycles. The second kappa shape index (κ2) is 16.7. The van der Waals surface area contributed by atoms with Crippen LogP contribution in [0.3, 0.4) is 0 Å². The van der Waals surface area contributed by atoms with Crippen molar-refractivity contribution in [3.63, 3.8) is 0 Å². The quantitative estimate of drug-likeness (QED) is 0.481.